The van der Waals surface area contributed by atoms with Crippen LogP contribution in [0.25, 0.3) is 11.3 Å². The topological polar surface area (TPSA) is 78.7 Å². The van der Waals surface area contributed by atoms with E-state index >= 15 is 0 Å². The summed E-state index contributed by atoms with van der Waals surface area (Å²) in [7, 11) is 0. The Bertz CT molecular complexity index is 635. The third kappa shape index (κ3) is 2.68. The van der Waals surface area contributed by atoms with E-state index < -0.39 is 6.10 Å². The number of benzene rings is 1. The van der Waals surface area contributed by atoms with Gasteiger partial charge in [0.1, 0.15) is 12.4 Å². The number of aliphatic hydroxyl groups is 1. The summed E-state index contributed by atoms with van der Waals surface area (Å²) >= 11 is 0. The molecule has 0 aliphatic carbocycles. The number of phenolic OH excluding ortho intramolecular Hbond substituents is 1. The van der Waals surface area contributed by atoms with Gasteiger partial charge in [-0.25, -0.2) is 5.06 Å². The van der Waals surface area contributed by atoms with E-state index in [0.717, 1.165) is 11.1 Å². The summed E-state index contributed by atoms with van der Waals surface area (Å²) in [5.41, 5.74) is 3.23. The van der Waals surface area contributed by atoms with Crippen LogP contribution in [-0.4, -0.2) is 39.7 Å². The minimum atomic E-state index is -0.505. The molecule has 1 aliphatic heterocycles. The lowest BCUT2D eigenvalue weighted by atomic mass is 10.0. The number of nitrogens with zero attached hydrogens (tertiary/aromatic N) is 3. The molecule has 1 fully saturated rings. The summed E-state index contributed by atoms with van der Waals surface area (Å²) in [5, 5.41) is 29.3. The Morgan fingerprint density at radius 2 is 2.05 bits per heavy atom. The van der Waals surface area contributed by atoms with E-state index in [-0.39, 0.29) is 12.4 Å². The Morgan fingerprint density at radius 1 is 1.24 bits per heavy atom. The van der Waals surface area contributed by atoms with Crippen molar-refractivity contribution in [1.29, 1.82) is 0 Å². The summed E-state index contributed by atoms with van der Waals surface area (Å²) in [5.74, 6) is 0.738. The fraction of sp³-hybridized carbons (Fsp3) is 0.333. The van der Waals surface area contributed by atoms with Crippen molar-refractivity contribution in [1.82, 2.24) is 10.2 Å². The van der Waals surface area contributed by atoms with Crippen LogP contribution in [0.4, 0.5) is 5.82 Å². The number of aromatic hydroxyl groups is 1. The minimum absolute atomic E-state index is 0.197. The number of anilines is 1. The standard InChI is InChI=1S/C15H17N3O3/c1-9-5-10(2)15(13(20)6-9)12-3-4-14(17-16-12)18-7-11(19)8-21-18/h3-6,11,19-20H,7-8H2,1-2H3/t11-/m0/s1. The van der Waals surface area contributed by atoms with Crippen molar-refractivity contribution >= 4 is 5.82 Å². The van der Waals surface area contributed by atoms with E-state index in [1.807, 2.05) is 19.9 Å². The maximum atomic E-state index is 10.1. The highest BCUT2D eigenvalue weighted by molar-refractivity contribution is 5.71. The average molecular weight is 287 g/mol. The molecule has 0 saturated carbocycles. The smallest absolute Gasteiger partial charge is 0.175 e. The zero-order chi connectivity index (χ0) is 15.0. The molecule has 1 aromatic carbocycles. The van der Waals surface area contributed by atoms with Crippen LogP contribution >= 0.6 is 0 Å². The molecule has 0 radical (unpaired) electrons. The number of β-amino-alcohol motifs (C(OH)–C–C–N with tert-alkyl or cyclic N) is 1. The molecule has 3 rings (SSSR count). The predicted molar refractivity (Wildman–Crippen MR) is 77.9 cm³/mol. The maximum Gasteiger partial charge on any atom is 0.175 e. The Balaban J connectivity index is 1.91. The van der Waals surface area contributed by atoms with Gasteiger partial charge in [-0.05, 0) is 43.2 Å². The number of aryl methyl sites for hydroxylation is 2. The van der Waals surface area contributed by atoms with E-state index in [4.69, 9.17) is 4.84 Å². The van der Waals surface area contributed by atoms with Crippen LogP contribution in [0.5, 0.6) is 5.75 Å². The van der Waals surface area contributed by atoms with Gasteiger partial charge in [-0.2, -0.15) is 0 Å². The second-order valence-corrected chi connectivity index (χ2v) is 5.26. The van der Waals surface area contributed by atoms with Crippen molar-refractivity contribution in [3.05, 3.63) is 35.4 Å². The Morgan fingerprint density at radius 3 is 2.62 bits per heavy atom. The lowest BCUT2D eigenvalue weighted by Crippen LogP contribution is -2.21. The first-order chi connectivity index (χ1) is 10.0. The van der Waals surface area contributed by atoms with Gasteiger partial charge in [-0.3, -0.25) is 4.84 Å². The van der Waals surface area contributed by atoms with Gasteiger partial charge in [0.25, 0.3) is 0 Å². The lowest BCUT2D eigenvalue weighted by molar-refractivity contribution is 0.115. The molecular weight excluding hydrogens is 270 g/mol. The molecule has 2 heterocycles. The average Bonchev–Trinajstić information content (AvgIpc) is 2.85. The minimum Gasteiger partial charge on any atom is -0.507 e. The summed E-state index contributed by atoms with van der Waals surface area (Å²) < 4.78 is 0. The molecule has 0 spiro atoms. The van der Waals surface area contributed by atoms with Gasteiger partial charge in [-0.15, -0.1) is 10.2 Å². The van der Waals surface area contributed by atoms with Gasteiger partial charge in [0.15, 0.2) is 5.82 Å². The number of rotatable bonds is 2. The van der Waals surface area contributed by atoms with Gasteiger partial charge in [0.05, 0.1) is 18.3 Å². The van der Waals surface area contributed by atoms with Gasteiger partial charge in [-0.1, -0.05) is 6.07 Å². The monoisotopic (exact) mass is 287 g/mol. The molecule has 1 atom stereocenters. The third-order valence-electron chi connectivity index (χ3n) is 3.42. The maximum absolute atomic E-state index is 10.1. The number of aliphatic hydroxyl groups excluding tert-OH is 1. The molecule has 6 nitrogen and oxygen atoms in total. The molecule has 1 saturated heterocycles. The van der Waals surface area contributed by atoms with E-state index in [2.05, 4.69) is 10.2 Å². The van der Waals surface area contributed by atoms with E-state index in [9.17, 15) is 10.2 Å². The molecule has 0 bridgehead atoms. The van der Waals surface area contributed by atoms with Crippen molar-refractivity contribution in [2.45, 2.75) is 20.0 Å². The highest BCUT2D eigenvalue weighted by atomic mass is 16.7. The number of aromatic nitrogens is 2. The molecule has 110 valence electrons. The first kappa shape index (κ1) is 13.8. The zero-order valence-electron chi connectivity index (χ0n) is 11.9. The summed E-state index contributed by atoms with van der Waals surface area (Å²) in [4.78, 5) is 5.29. The zero-order valence-corrected chi connectivity index (χ0v) is 11.9. The second kappa shape index (κ2) is 5.31. The lowest BCUT2D eigenvalue weighted by Gasteiger charge is -2.14. The molecule has 1 aliphatic rings. The molecule has 0 amide bonds. The van der Waals surface area contributed by atoms with Crippen molar-refractivity contribution in [2.75, 3.05) is 18.2 Å². The van der Waals surface area contributed by atoms with Crippen LogP contribution in [0.2, 0.25) is 0 Å². The van der Waals surface area contributed by atoms with Gasteiger partial charge in [0, 0.05) is 5.56 Å². The number of phenols is 1. The van der Waals surface area contributed by atoms with Gasteiger partial charge in [0.2, 0.25) is 0 Å². The van der Waals surface area contributed by atoms with Crippen LogP contribution < -0.4 is 5.06 Å². The number of hydrogen-bond acceptors (Lipinski definition) is 6. The van der Waals surface area contributed by atoms with E-state index in [1.54, 1.807) is 18.2 Å². The quantitative estimate of drug-likeness (QED) is 0.873. The molecule has 21 heavy (non-hydrogen) atoms. The van der Waals surface area contributed by atoms with Crippen LogP contribution in [0.15, 0.2) is 24.3 Å². The Hall–Kier alpha value is -2.18. The molecule has 6 heteroatoms. The van der Waals surface area contributed by atoms with Crippen molar-refractivity contribution in [3.63, 3.8) is 0 Å². The summed E-state index contributed by atoms with van der Waals surface area (Å²) in [6.07, 6.45) is -0.505. The fourth-order valence-corrected chi connectivity index (χ4v) is 2.50. The van der Waals surface area contributed by atoms with E-state index in [0.29, 0.717) is 23.6 Å². The SMILES string of the molecule is Cc1cc(C)c(-c2ccc(N3C[C@H](O)CO3)nn2)c(O)c1. The molecule has 1 aromatic heterocycles. The second-order valence-electron chi connectivity index (χ2n) is 5.26. The molecule has 0 unspecified atom stereocenters. The van der Waals surface area contributed by atoms with Gasteiger partial charge < -0.3 is 10.2 Å². The van der Waals surface area contributed by atoms with Crippen molar-refractivity contribution < 1.29 is 15.1 Å². The molecule has 2 aromatic rings. The highest BCUT2D eigenvalue weighted by Crippen LogP contribution is 2.32. The normalized spacial score (nSPS) is 18.2. The summed E-state index contributed by atoms with van der Waals surface area (Å²) in [6.45, 7) is 4.50. The largest absolute Gasteiger partial charge is 0.507 e. The van der Waals surface area contributed by atoms with Crippen LogP contribution in [0.1, 0.15) is 11.1 Å². The Labute approximate surface area is 122 Å². The van der Waals surface area contributed by atoms with E-state index in [1.165, 1.54) is 5.06 Å². The van der Waals surface area contributed by atoms with Crippen LogP contribution in [-0.2, 0) is 4.84 Å². The number of hydroxylamine groups is 1. The van der Waals surface area contributed by atoms with Crippen molar-refractivity contribution in [3.8, 4) is 17.0 Å². The highest BCUT2D eigenvalue weighted by Gasteiger charge is 2.23. The summed E-state index contributed by atoms with van der Waals surface area (Å²) in [6, 6.07) is 7.25. The first-order valence-electron chi connectivity index (χ1n) is 6.77. The Kier molecular flexibility index (Phi) is 3.48. The van der Waals surface area contributed by atoms with Gasteiger partial charge >= 0.3 is 0 Å². The van der Waals surface area contributed by atoms with Crippen LogP contribution in [0, 0.1) is 13.8 Å². The molecule has 2 N–H and O–H groups in total. The fourth-order valence-electron chi connectivity index (χ4n) is 2.50. The van der Waals surface area contributed by atoms with Crippen molar-refractivity contribution in [2.24, 2.45) is 0 Å². The predicted octanol–water partition coefficient (Wildman–Crippen LogP) is 1.58. The number of hydrogen-bond donors (Lipinski definition) is 2. The first-order valence-corrected chi connectivity index (χ1v) is 6.77. The molecular formula is C15H17N3O3. The third-order valence-corrected chi connectivity index (χ3v) is 3.42. The van der Waals surface area contributed by atoms with Crippen LogP contribution in [0.3, 0.4) is 0 Å².